The van der Waals surface area contributed by atoms with Crippen LogP contribution in [0, 0.1) is 0 Å². The third kappa shape index (κ3) is 2.73. The van der Waals surface area contributed by atoms with Crippen molar-refractivity contribution in [3.63, 3.8) is 0 Å². The molecule has 4 nitrogen and oxygen atoms in total. The number of nitrogens with two attached hydrogens (primary N) is 1. The van der Waals surface area contributed by atoms with Crippen LogP contribution < -0.4 is 10.6 Å². The zero-order valence-corrected chi connectivity index (χ0v) is 11.6. The first-order valence-electron chi connectivity index (χ1n) is 7.70. The molecule has 19 heavy (non-hydrogen) atoms. The van der Waals surface area contributed by atoms with Crippen molar-refractivity contribution in [2.24, 2.45) is 5.73 Å². The predicted octanol–water partition coefficient (Wildman–Crippen LogP) is 2.06. The van der Waals surface area contributed by atoms with Crippen LogP contribution >= 0.6 is 0 Å². The molecule has 1 aliphatic carbocycles. The number of rotatable bonds is 2. The fourth-order valence-electron chi connectivity index (χ4n) is 3.30. The molecule has 1 aromatic heterocycles. The molecule has 1 fully saturated rings. The average Bonchev–Trinajstić information content (AvgIpc) is 2.87. The molecule has 0 amide bonds. The summed E-state index contributed by atoms with van der Waals surface area (Å²) >= 11 is 0. The van der Waals surface area contributed by atoms with Crippen molar-refractivity contribution in [3.8, 4) is 0 Å². The number of hydrogen-bond donors (Lipinski definition) is 1. The van der Waals surface area contributed by atoms with Crippen LogP contribution in [-0.2, 0) is 12.8 Å². The number of hydrogen-bond acceptors (Lipinski definition) is 4. The second-order valence-corrected chi connectivity index (χ2v) is 5.78. The highest BCUT2D eigenvalue weighted by atomic mass is 15.3. The number of fused-ring (bicyclic) bond motifs is 1. The van der Waals surface area contributed by atoms with Gasteiger partial charge in [0.2, 0.25) is 5.95 Å². The fraction of sp³-hybridized carbons (Fsp3) is 0.733. The Kier molecular flexibility index (Phi) is 3.97. The lowest BCUT2D eigenvalue weighted by Gasteiger charge is -2.24. The summed E-state index contributed by atoms with van der Waals surface area (Å²) in [5.74, 6) is 0.910. The van der Waals surface area contributed by atoms with E-state index in [9.17, 15) is 0 Å². The van der Waals surface area contributed by atoms with Gasteiger partial charge in [-0.2, -0.15) is 0 Å². The van der Waals surface area contributed by atoms with Crippen LogP contribution in [0.1, 0.15) is 49.8 Å². The highest BCUT2D eigenvalue weighted by Gasteiger charge is 2.26. The van der Waals surface area contributed by atoms with Crippen molar-refractivity contribution < 1.29 is 0 Å². The van der Waals surface area contributed by atoms with E-state index < -0.39 is 0 Å². The molecule has 104 valence electrons. The fourth-order valence-corrected chi connectivity index (χ4v) is 3.30. The van der Waals surface area contributed by atoms with Gasteiger partial charge in [0.1, 0.15) is 0 Å². The van der Waals surface area contributed by atoms with Gasteiger partial charge >= 0.3 is 0 Å². The van der Waals surface area contributed by atoms with Crippen molar-refractivity contribution in [1.82, 2.24) is 9.97 Å². The number of nitrogens with zero attached hydrogens (tertiary/aromatic N) is 3. The first-order chi connectivity index (χ1) is 9.38. The molecule has 3 rings (SSSR count). The van der Waals surface area contributed by atoms with Gasteiger partial charge in [0.25, 0.3) is 0 Å². The van der Waals surface area contributed by atoms with Crippen LogP contribution in [0.5, 0.6) is 0 Å². The number of aromatic nitrogens is 2. The highest BCUT2D eigenvalue weighted by Crippen LogP contribution is 2.24. The van der Waals surface area contributed by atoms with E-state index in [1.54, 1.807) is 0 Å². The zero-order chi connectivity index (χ0) is 13.1. The van der Waals surface area contributed by atoms with Crippen LogP contribution in [0.15, 0.2) is 6.20 Å². The maximum Gasteiger partial charge on any atom is 0.225 e. The summed E-state index contributed by atoms with van der Waals surface area (Å²) in [6.45, 7) is 1.76. The SMILES string of the molecule is NCC1CCCN1c1ncc2c(n1)CCCCCC2. The third-order valence-corrected chi connectivity index (χ3v) is 4.46. The number of anilines is 1. The minimum Gasteiger partial charge on any atom is -0.337 e. The van der Waals surface area contributed by atoms with Crippen molar-refractivity contribution >= 4 is 5.95 Å². The van der Waals surface area contributed by atoms with Crippen molar-refractivity contribution in [2.75, 3.05) is 18.0 Å². The molecule has 0 aromatic carbocycles. The van der Waals surface area contributed by atoms with Crippen molar-refractivity contribution in [3.05, 3.63) is 17.5 Å². The molecule has 1 unspecified atom stereocenters. The lowest BCUT2D eigenvalue weighted by atomic mass is 9.98. The largest absolute Gasteiger partial charge is 0.337 e. The minimum atomic E-state index is 0.437. The Morgan fingerprint density at radius 3 is 2.84 bits per heavy atom. The van der Waals surface area contributed by atoms with Crippen LogP contribution in [0.2, 0.25) is 0 Å². The Morgan fingerprint density at radius 2 is 2.00 bits per heavy atom. The van der Waals surface area contributed by atoms with Gasteiger partial charge in [-0.1, -0.05) is 12.8 Å². The highest BCUT2D eigenvalue weighted by molar-refractivity contribution is 5.36. The van der Waals surface area contributed by atoms with Crippen molar-refractivity contribution in [2.45, 2.75) is 57.4 Å². The summed E-state index contributed by atoms with van der Waals surface area (Å²) in [6, 6.07) is 0.437. The predicted molar refractivity (Wildman–Crippen MR) is 77.3 cm³/mol. The van der Waals surface area contributed by atoms with Gasteiger partial charge in [-0.05, 0) is 44.1 Å². The van der Waals surface area contributed by atoms with Crippen LogP contribution in [0.25, 0.3) is 0 Å². The Morgan fingerprint density at radius 1 is 1.16 bits per heavy atom. The molecule has 4 heteroatoms. The smallest absolute Gasteiger partial charge is 0.225 e. The maximum atomic E-state index is 5.85. The van der Waals surface area contributed by atoms with Gasteiger partial charge in [0.05, 0.1) is 0 Å². The molecule has 0 saturated carbocycles. The normalized spacial score (nSPS) is 23.8. The van der Waals surface area contributed by atoms with Crippen molar-refractivity contribution in [1.29, 1.82) is 0 Å². The van der Waals surface area contributed by atoms with Crippen LogP contribution in [-0.4, -0.2) is 29.1 Å². The first kappa shape index (κ1) is 12.9. The van der Waals surface area contributed by atoms with E-state index in [0.29, 0.717) is 12.6 Å². The second-order valence-electron chi connectivity index (χ2n) is 5.78. The third-order valence-electron chi connectivity index (χ3n) is 4.46. The van der Waals surface area contributed by atoms with Gasteiger partial charge < -0.3 is 10.6 Å². The lowest BCUT2D eigenvalue weighted by Crippen LogP contribution is -2.36. The van der Waals surface area contributed by atoms with E-state index in [1.807, 2.05) is 0 Å². The van der Waals surface area contributed by atoms with E-state index in [-0.39, 0.29) is 0 Å². The maximum absolute atomic E-state index is 5.85. The van der Waals surface area contributed by atoms with E-state index in [4.69, 9.17) is 10.7 Å². The molecular weight excluding hydrogens is 236 g/mol. The van der Waals surface area contributed by atoms with Gasteiger partial charge in [-0.3, -0.25) is 0 Å². The number of aryl methyl sites for hydroxylation is 2. The van der Waals surface area contributed by atoms with Gasteiger partial charge in [0.15, 0.2) is 0 Å². The lowest BCUT2D eigenvalue weighted by molar-refractivity contribution is 0.602. The van der Waals surface area contributed by atoms with E-state index >= 15 is 0 Å². The molecule has 0 bridgehead atoms. The molecule has 0 spiro atoms. The Hall–Kier alpha value is -1.16. The minimum absolute atomic E-state index is 0.437. The van der Waals surface area contributed by atoms with E-state index in [1.165, 1.54) is 49.8 Å². The molecule has 0 radical (unpaired) electrons. The van der Waals surface area contributed by atoms with Gasteiger partial charge in [-0.25, -0.2) is 9.97 Å². The molecular formula is C15H24N4. The molecule has 1 atom stereocenters. The van der Waals surface area contributed by atoms with Gasteiger partial charge in [-0.15, -0.1) is 0 Å². The summed E-state index contributed by atoms with van der Waals surface area (Å²) in [5.41, 5.74) is 8.50. The summed E-state index contributed by atoms with van der Waals surface area (Å²) in [5, 5.41) is 0. The molecule has 2 heterocycles. The molecule has 1 aliphatic heterocycles. The summed E-state index contributed by atoms with van der Waals surface area (Å²) in [7, 11) is 0. The Bertz CT molecular complexity index is 432. The van der Waals surface area contributed by atoms with Gasteiger partial charge in [0, 0.05) is 31.0 Å². The first-order valence-corrected chi connectivity index (χ1v) is 7.70. The van der Waals surface area contributed by atoms with E-state index in [0.717, 1.165) is 25.3 Å². The molecule has 1 saturated heterocycles. The quantitative estimate of drug-likeness (QED) is 0.884. The molecule has 2 N–H and O–H groups in total. The average molecular weight is 260 g/mol. The summed E-state index contributed by atoms with van der Waals surface area (Å²) in [4.78, 5) is 11.8. The van der Waals surface area contributed by atoms with Crippen LogP contribution in [0.3, 0.4) is 0 Å². The standard InChI is InChI=1S/C15H24N4/c16-10-13-7-5-9-19(13)15-17-11-12-6-3-1-2-4-8-14(12)18-15/h11,13H,1-10,16H2. The van der Waals surface area contributed by atoms with E-state index in [2.05, 4.69) is 16.1 Å². The Balaban J connectivity index is 1.85. The second kappa shape index (κ2) is 5.87. The Labute approximate surface area is 115 Å². The molecule has 1 aromatic rings. The monoisotopic (exact) mass is 260 g/mol. The van der Waals surface area contributed by atoms with Crippen LogP contribution in [0.4, 0.5) is 5.95 Å². The molecule has 2 aliphatic rings. The summed E-state index contributed by atoms with van der Waals surface area (Å²) in [6.07, 6.45) is 12.0. The summed E-state index contributed by atoms with van der Waals surface area (Å²) < 4.78 is 0. The zero-order valence-electron chi connectivity index (χ0n) is 11.6. The topological polar surface area (TPSA) is 55.0 Å².